The SMILES string of the molecule is CC1(c2ccc(F)cc2)NC(=O)N(CC(=O)NCc2ccc(-c3nc4ccccc4s3)o2)C1=O. The normalized spacial score (nSPS) is 17.9. The van der Waals surface area contributed by atoms with E-state index in [1.807, 2.05) is 24.3 Å². The lowest BCUT2D eigenvalue weighted by Gasteiger charge is -2.22. The predicted octanol–water partition coefficient (Wildman–Crippen LogP) is 3.78. The molecular weight excluding hydrogens is 459 g/mol. The van der Waals surface area contributed by atoms with Gasteiger partial charge in [-0.15, -0.1) is 11.3 Å². The number of benzene rings is 2. The Morgan fingerprint density at radius 3 is 2.68 bits per heavy atom. The van der Waals surface area contributed by atoms with Crippen molar-refractivity contribution in [2.24, 2.45) is 0 Å². The highest BCUT2D eigenvalue weighted by Crippen LogP contribution is 2.31. The summed E-state index contributed by atoms with van der Waals surface area (Å²) < 4.78 is 20.1. The molecule has 5 rings (SSSR count). The summed E-state index contributed by atoms with van der Waals surface area (Å²) in [5.74, 6) is -0.463. The maximum atomic E-state index is 13.2. The third kappa shape index (κ3) is 3.92. The van der Waals surface area contributed by atoms with Crippen LogP contribution in [0.1, 0.15) is 18.2 Å². The van der Waals surface area contributed by atoms with Gasteiger partial charge in [0, 0.05) is 0 Å². The number of urea groups is 1. The Bertz CT molecular complexity index is 1380. The van der Waals surface area contributed by atoms with E-state index in [0.29, 0.717) is 17.1 Å². The Morgan fingerprint density at radius 1 is 1.15 bits per heavy atom. The number of hydrogen-bond donors (Lipinski definition) is 2. The molecule has 1 atom stereocenters. The van der Waals surface area contributed by atoms with E-state index in [-0.39, 0.29) is 6.54 Å². The third-order valence-electron chi connectivity index (χ3n) is 5.62. The second-order valence-electron chi connectivity index (χ2n) is 7.98. The molecular formula is C24H19FN4O4S. The van der Waals surface area contributed by atoms with Gasteiger partial charge in [-0.1, -0.05) is 24.3 Å². The molecule has 4 amide bonds. The van der Waals surface area contributed by atoms with E-state index in [0.717, 1.165) is 20.1 Å². The quantitative estimate of drug-likeness (QED) is 0.411. The zero-order valence-corrected chi connectivity index (χ0v) is 18.8. The van der Waals surface area contributed by atoms with E-state index < -0.39 is 35.7 Å². The van der Waals surface area contributed by atoms with E-state index in [4.69, 9.17) is 4.42 Å². The average Bonchev–Trinajstić information content (AvgIpc) is 3.52. The molecule has 34 heavy (non-hydrogen) atoms. The van der Waals surface area contributed by atoms with Crippen molar-refractivity contribution >= 4 is 39.4 Å². The van der Waals surface area contributed by atoms with Gasteiger partial charge >= 0.3 is 6.03 Å². The maximum Gasteiger partial charge on any atom is 0.325 e. The molecule has 0 radical (unpaired) electrons. The minimum absolute atomic E-state index is 0.0859. The van der Waals surface area contributed by atoms with Crippen molar-refractivity contribution in [1.29, 1.82) is 0 Å². The number of rotatable bonds is 6. The fourth-order valence-corrected chi connectivity index (χ4v) is 4.70. The van der Waals surface area contributed by atoms with Crippen LogP contribution >= 0.6 is 11.3 Å². The van der Waals surface area contributed by atoms with Gasteiger partial charge in [0.05, 0.1) is 16.8 Å². The van der Waals surface area contributed by atoms with Crippen molar-refractivity contribution in [3.63, 3.8) is 0 Å². The molecule has 10 heteroatoms. The number of halogens is 1. The number of amides is 4. The molecule has 1 aliphatic heterocycles. The standard InChI is InChI=1S/C24H19FN4O4S/c1-24(14-6-8-15(25)9-7-14)22(31)29(23(32)28-24)13-20(30)26-12-16-10-11-18(33-16)21-27-17-4-2-3-5-19(17)34-21/h2-11H,12-13H2,1H3,(H,26,30)(H,28,32). The van der Waals surface area contributed by atoms with Crippen LogP contribution in [0.3, 0.4) is 0 Å². The highest BCUT2D eigenvalue weighted by Gasteiger charge is 2.49. The number of nitrogens with one attached hydrogen (secondary N) is 2. The molecule has 1 saturated heterocycles. The molecule has 2 aromatic carbocycles. The predicted molar refractivity (Wildman–Crippen MR) is 123 cm³/mol. The molecule has 0 bridgehead atoms. The molecule has 4 aromatic rings. The van der Waals surface area contributed by atoms with E-state index >= 15 is 0 Å². The zero-order chi connectivity index (χ0) is 23.9. The molecule has 0 aliphatic carbocycles. The number of nitrogens with zero attached hydrogens (tertiary/aromatic N) is 2. The fourth-order valence-electron chi connectivity index (χ4n) is 3.77. The van der Waals surface area contributed by atoms with Crippen LogP contribution in [0.15, 0.2) is 65.1 Å². The lowest BCUT2D eigenvalue weighted by molar-refractivity contribution is -0.134. The number of aromatic nitrogens is 1. The van der Waals surface area contributed by atoms with Crippen LogP contribution in [0.25, 0.3) is 21.0 Å². The van der Waals surface area contributed by atoms with Crippen LogP contribution in [0.2, 0.25) is 0 Å². The minimum atomic E-state index is -1.38. The Balaban J connectivity index is 1.21. The highest BCUT2D eigenvalue weighted by molar-refractivity contribution is 7.21. The fraction of sp³-hybridized carbons (Fsp3) is 0.167. The monoisotopic (exact) mass is 478 g/mol. The second kappa shape index (κ2) is 8.38. The van der Waals surface area contributed by atoms with Crippen molar-refractivity contribution < 1.29 is 23.2 Å². The number of hydrogen-bond acceptors (Lipinski definition) is 6. The first-order chi connectivity index (χ1) is 16.3. The molecule has 1 aliphatic rings. The van der Waals surface area contributed by atoms with Crippen molar-refractivity contribution in [3.05, 3.63) is 77.8 Å². The van der Waals surface area contributed by atoms with Gasteiger partial charge in [0.25, 0.3) is 5.91 Å². The van der Waals surface area contributed by atoms with Gasteiger partial charge in [0.1, 0.15) is 23.7 Å². The average molecular weight is 479 g/mol. The Morgan fingerprint density at radius 2 is 1.91 bits per heavy atom. The second-order valence-corrected chi connectivity index (χ2v) is 9.01. The summed E-state index contributed by atoms with van der Waals surface area (Å²) in [6, 6.07) is 15.9. The van der Waals surface area contributed by atoms with Crippen LogP contribution in [-0.4, -0.2) is 34.3 Å². The first-order valence-electron chi connectivity index (χ1n) is 10.4. The van der Waals surface area contributed by atoms with Crippen LogP contribution in [-0.2, 0) is 21.7 Å². The van der Waals surface area contributed by atoms with Gasteiger partial charge in [-0.25, -0.2) is 14.2 Å². The van der Waals surface area contributed by atoms with E-state index in [9.17, 15) is 18.8 Å². The lowest BCUT2D eigenvalue weighted by atomic mass is 9.92. The molecule has 172 valence electrons. The largest absolute Gasteiger partial charge is 0.457 e. The molecule has 0 spiro atoms. The Labute approximate surface area is 197 Å². The molecule has 2 aromatic heterocycles. The van der Waals surface area contributed by atoms with Crippen molar-refractivity contribution in [3.8, 4) is 10.8 Å². The van der Waals surface area contributed by atoms with Crippen LogP contribution in [0.4, 0.5) is 9.18 Å². The van der Waals surface area contributed by atoms with Crippen molar-refractivity contribution in [1.82, 2.24) is 20.5 Å². The summed E-state index contributed by atoms with van der Waals surface area (Å²) >= 11 is 1.51. The summed E-state index contributed by atoms with van der Waals surface area (Å²) in [4.78, 5) is 43.2. The number of furan rings is 1. The summed E-state index contributed by atoms with van der Waals surface area (Å²) in [7, 11) is 0. The molecule has 0 saturated carbocycles. The van der Waals surface area contributed by atoms with Gasteiger partial charge in [-0.3, -0.25) is 14.5 Å². The summed E-state index contributed by atoms with van der Waals surface area (Å²) in [6.45, 7) is 1.15. The molecule has 1 fully saturated rings. The van der Waals surface area contributed by atoms with Crippen LogP contribution < -0.4 is 10.6 Å². The van der Waals surface area contributed by atoms with Crippen LogP contribution in [0, 0.1) is 5.82 Å². The van der Waals surface area contributed by atoms with Gasteiger partial charge in [0.15, 0.2) is 10.8 Å². The van der Waals surface area contributed by atoms with Gasteiger partial charge < -0.3 is 15.1 Å². The first-order valence-corrected chi connectivity index (χ1v) is 11.3. The van der Waals surface area contributed by atoms with Crippen molar-refractivity contribution in [2.75, 3.05) is 6.54 Å². The lowest BCUT2D eigenvalue weighted by Crippen LogP contribution is -2.43. The smallest absolute Gasteiger partial charge is 0.325 e. The minimum Gasteiger partial charge on any atom is -0.457 e. The van der Waals surface area contributed by atoms with E-state index in [1.165, 1.54) is 42.5 Å². The number of fused-ring (bicyclic) bond motifs is 1. The van der Waals surface area contributed by atoms with Gasteiger partial charge in [0.2, 0.25) is 5.91 Å². The number of thiazole rings is 1. The number of carbonyl (C=O) groups is 3. The summed E-state index contributed by atoms with van der Waals surface area (Å²) in [5, 5.41) is 5.98. The number of para-hydroxylation sites is 1. The number of imide groups is 1. The van der Waals surface area contributed by atoms with Crippen LogP contribution in [0.5, 0.6) is 0 Å². The first kappa shape index (κ1) is 21.8. The van der Waals surface area contributed by atoms with Gasteiger partial charge in [-0.05, 0) is 48.9 Å². The molecule has 8 nitrogen and oxygen atoms in total. The molecule has 3 heterocycles. The number of carbonyl (C=O) groups excluding carboxylic acids is 3. The molecule has 1 unspecified atom stereocenters. The van der Waals surface area contributed by atoms with Crippen molar-refractivity contribution in [2.45, 2.75) is 19.0 Å². The van der Waals surface area contributed by atoms with Gasteiger partial charge in [-0.2, -0.15) is 0 Å². The Kier molecular flexibility index (Phi) is 5.37. The Hall–Kier alpha value is -4.05. The third-order valence-corrected chi connectivity index (χ3v) is 6.68. The zero-order valence-electron chi connectivity index (χ0n) is 18.0. The highest BCUT2D eigenvalue weighted by atomic mass is 32.1. The summed E-state index contributed by atoms with van der Waals surface area (Å²) in [5.41, 5.74) is -0.0684. The topological polar surface area (TPSA) is 105 Å². The van der Waals surface area contributed by atoms with E-state index in [1.54, 1.807) is 12.1 Å². The van der Waals surface area contributed by atoms with E-state index in [2.05, 4.69) is 15.6 Å². The maximum absolute atomic E-state index is 13.2. The molecule has 2 N–H and O–H groups in total. The summed E-state index contributed by atoms with van der Waals surface area (Å²) in [6.07, 6.45) is 0.